The lowest BCUT2D eigenvalue weighted by molar-refractivity contribution is 0.489. The second kappa shape index (κ2) is 3.60. The number of halogens is 1. The highest BCUT2D eigenvalue weighted by Crippen LogP contribution is 2.25. The van der Waals surface area contributed by atoms with Crippen molar-refractivity contribution < 1.29 is 4.42 Å². The van der Waals surface area contributed by atoms with Gasteiger partial charge in [-0.3, -0.25) is 0 Å². The maximum atomic E-state index is 5.81. The smallest absolute Gasteiger partial charge is 0.256 e. The van der Waals surface area contributed by atoms with Crippen LogP contribution in [0.1, 0.15) is 6.92 Å². The largest absolute Gasteiger partial charge is 0.431 e. The Kier molecular flexibility index (Phi) is 2.47. The van der Waals surface area contributed by atoms with Gasteiger partial charge >= 0.3 is 0 Å². The summed E-state index contributed by atoms with van der Waals surface area (Å²) in [5, 5.41) is 1.39. The summed E-state index contributed by atoms with van der Waals surface area (Å²) < 4.78 is 5.46. The molecule has 13 heavy (non-hydrogen) atoms. The molecule has 0 fully saturated rings. The molecule has 0 saturated heterocycles. The van der Waals surface area contributed by atoms with Gasteiger partial charge in [-0.05, 0) is 17.9 Å². The average Bonchev–Trinajstić information content (AvgIpc) is 2.46. The minimum atomic E-state index is 0.677. The maximum Gasteiger partial charge on any atom is 0.256 e. The molecular formula is C9H8ClNOS. The third-order valence-electron chi connectivity index (χ3n) is 1.60. The Morgan fingerprint density at radius 1 is 1.54 bits per heavy atom. The first kappa shape index (κ1) is 8.91. The summed E-state index contributed by atoms with van der Waals surface area (Å²) >= 11 is 7.40. The predicted molar refractivity (Wildman–Crippen MR) is 55.4 cm³/mol. The molecule has 2 aromatic rings. The van der Waals surface area contributed by atoms with Gasteiger partial charge in [-0.25, -0.2) is 4.98 Å². The van der Waals surface area contributed by atoms with Crippen LogP contribution >= 0.6 is 23.4 Å². The third-order valence-corrected chi connectivity index (χ3v) is 2.54. The summed E-state index contributed by atoms with van der Waals surface area (Å²) in [6.07, 6.45) is 0. The number of hydrogen-bond donors (Lipinski definition) is 0. The molecule has 1 heterocycles. The highest BCUT2D eigenvalue weighted by Gasteiger charge is 2.04. The first-order valence-electron chi connectivity index (χ1n) is 3.98. The van der Waals surface area contributed by atoms with Crippen LogP contribution in [0.2, 0.25) is 5.02 Å². The van der Waals surface area contributed by atoms with Crippen LogP contribution in [0.5, 0.6) is 0 Å². The quantitative estimate of drug-likeness (QED) is 0.713. The van der Waals surface area contributed by atoms with Crippen molar-refractivity contribution in [3.63, 3.8) is 0 Å². The maximum absolute atomic E-state index is 5.81. The van der Waals surface area contributed by atoms with Crippen molar-refractivity contribution in [2.75, 3.05) is 5.75 Å². The molecule has 1 aromatic carbocycles. The van der Waals surface area contributed by atoms with Crippen molar-refractivity contribution in [3.05, 3.63) is 23.2 Å². The van der Waals surface area contributed by atoms with Gasteiger partial charge in [0.2, 0.25) is 0 Å². The number of aromatic nitrogens is 1. The molecule has 4 heteroatoms. The predicted octanol–water partition coefficient (Wildman–Crippen LogP) is 3.59. The van der Waals surface area contributed by atoms with Crippen LogP contribution in [-0.2, 0) is 0 Å². The minimum Gasteiger partial charge on any atom is -0.431 e. The van der Waals surface area contributed by atoms with Gasteiger partial charge in [-0.1, -0.05) is 30.3 Å². The Hall–Kier alpha value is -0.670. The van der Waals surface area contributed by atoms with Crippen molar-refractivity contribution in [1.82, 2.24) is 4.98 Å². The van der Waals surface area contributed by atoms with E-state index in [0.29, 0.717) is 10.2 Å². The fourth-order valence-electron chi connectivity index (χ4n) is 1.06. The van der Waals surface area contributed by atoms with Gasteiger partial charge in [0.25, 0.3) is 5.22 Å². The van der Waals surface area contributed by atoms with Gasteiger partial charge in [0.15, 0.2) is 5.58 Å². The lowest BCUT2D eigenvalue weighted by atomic mass is 10.3. The van der Waals surface area contributed by atoms with E-state index in [1.165, 1.54) is 0 Å². The van der Waals surface area contributed by atoms with E-state index in [1.807, 2.05) is 12.1 Å². The zero-order chi connectivity index (χ0) is 9.26. The molecule has 1 aromatic heterocycles. The van der Waals surface area contributed by atoms with E-state index in [9.17, 15) is 0 Å². The molecule has 0 N–H and O–H groups in total. The fourth-order valence-corrected chi connectivity index (χ4v) is 1.78. The van der Waals surface area contributed by atoms with Crippen molar-refractivity contribution in [1.29, 1.82) is 0 Å². The molecule has 2 rings (SSSR count). The Labute approximate surface area is 85.3 Å². The molecule has 0 unspecified atom stereocenters. The molecule has 0 aliphatic rings. The molecule has 0 radical (unpaired) electrons. The molecule has 0 aliphatic heterocycles. The number of benzene rings is 1. The Morgan fingerprint density at radius 3 is 3.15 bits per heavy atom. The van der Waals surface area contributed by atoms with Crippen molar-refractivity contribution >= 4 is 34.5 Å². The summed E-state index contributed by atoms with van der Waals surface area (Å²) in [7, 11) is 0. The van der Waals surface area contributed by atoms with Gasteiger partial charge in [0.05, 0.1) is 0 Å². The summed E-state index contributed by atoms with van der Waals surface area (Å²) in [6.45, 7) is 2.06. The Bertz CT molecular complexity index is 426. The highest BCUT2D eigenvalue weighted by molar-refractivity contribution is 7.99. The average molecular weight is 214 g/mol. The Balaban J connectivity index is 2.49. The van der Waals surface area contributed by atoms with E-state index in [-0.39, 0.29) is 0 Å². The first-order chi connectivity index (χ1) is 6.29. The van der Waals surface area contributed by atoms with Crippen LogP contribution < -0.4 is 0 Å². The summed E-state index contributed by atoms with van der Waals surface area (Å²) in [5.41, 5.74) is 1.61. The van der Waals surface area contributed by atoms with Crippen LogP contribution in [0.3, 0.4) is 0 Å². The van der Waals surface area contributed by atoms with Crippen LogP contribution in [0.4, 0.5) is 0 Å². The minimum absolute atomic E-state index is 0.677. The van der Waals surface area contributed by atoms with Crippen molar-refractivity contribution in [2.45, 2.75) is 12.1 Å². The monoisotopic (exact) mass is 213 g/mol. The number of nitrogens with zero attached hydrogens (tertiary/aromatic N) is 1. The number of fused-ring (bicyclic) bond motifs is 1. The summed E-state index contributed by atoms with van der Waals surface area (Å²) in [5.74, 6) is 0.959. The number of hydrogen-bond acceptors (Lipinski definition) is 3. The zero-order valence-electron chi connectivity index (χ0n) is 7.08. The van der Waals surface area contributed by atoms with Crippen molar-refractivity contribution in [3.8, 4) is 0 Å². The van der Waals surface area contributed by atoms with E-state index in [1.54, 1.807) is 17.8 Å². The lowest BCUT2D eigenvalue weighted by Gasteiger charge is -1.86. The van der Waals surface area contributed by atoms with Crippen LogP contribution in [0.15, 0.2) is 27.8 Å². The van der Waals surface area contributed by atoms with Gasteiger partial charge in [0.1, 0.15) is 5.52 Å². The third kappa shape index (κ3) is 1.81. The second-order valence-electron chi connectivity index (χ2n) is 2.52. The molecule has 0 saturated carbocycles. The normalized spacial score (nSPS) is 10.9. The van der Waals surface area contributed by atoms with E-state index >= 15 is 0 Å². The zero-order valence-corrected chi connectivity index (χ0v) is 8.65. The van der Waals surface area contributed by atoms with Crippen LogP contribution in [-0.4, -0.2) is 10.7 Å². The van der Waals surface area contributed by atoms with Gasteiger partial charge in [-0.2, -0.15) is 0 Å². The van der Waals surface area contributed by atoms with Gasteiger partial charge in [-0.15, -0.1) is 0 Å². The summed E-state index contributed by atoms with van der Waals surface area (Å²) in [4.78, 5) is 4.28. The Morgan fingerprint density at radius 2 is 2.38 bits per heavy atom. The lowest BCUT2D eigenvalue weighted by Crippen LogP contribution is -1.69. The number of rotatable bonds is 2. The van der Waals surface area contributed by atoms with E-state index < -0.39 is 0 Å². The number of thioether (sulfide) groups is 1. The van der Waals surface area contributed by atoms with Gasteiger partial charge < -0.3 is 4.42 Å². The van der Waals surface area contributed by atoms with Crippen molar-refractivity contribution in [2.24, 2.45) is 0 Å². The number of oxazole rings is 1. The molecule has 0 aliphatic carbocycles. The molecule has 0 amide bonds. The van der Waals surface area contributed by atoms with E-state index in [2.05, 4.69) is 11.9 Å². The molecule has 0 spiro atoms. The second-order valence-corrected chi connectivity index (χ2v) is 4.18. The SMILES string of the molecule is CCSc1nc2ccc(Cl)cc2o1. The van der Waals surface area contributed by atoms with Crippen LogP contribution in [0.25, 0.3) is 11.1 Å². The standard InChI is InChI=1S/C9H8ClNOS/c1-2-13-9-11-7-4-3-6(10)5-8(7)12-9/h3-5H,2H2,1H3. The van der Waals surface area contributed by atoms with E-state index in [4.69, 9.17) is 16.0 Å². The van der Waals surface area contributed by atoms with E-state index in [0.717, 1.165) is 16.9 Å². The van der Waals surface area contributed by atoms with Gasteiger partial charge in [0, 0.05) is 11.1 Å². The topological polar surface area (TPSA) is 26.0 Å². The molecule has 68 valence electrons. The first-order valence-corrected chi connectivity index (χ1v) is 5.35. The highest BCUT2D eigenvalue weighted by atomic mass is 35.5. The van der Waals surface area contributed by atoms with Crippen LogP contribution in [0, 0.1) is 0 Å². The molecule has 0 bridgehead atoms. The molecule has 0 atom stereocenters. The summed E-state index contributed by atoms with van der Waals surface area (Å²) in [6, 6.07) is 5.46. The molecule has 2 nitrogen and oxygen atoms in total. The fraction of sp³-hybridized carbons (Fsp3) is 0.222. The molecular weight excluding hydrogens is 206 g/mol.